The van der Waals surface area contributed by atoms with Gasteiger partial charge < -0.3 is 10.0 Å². The fourth-order valence-corrected chi connectivity index (χ4v) is 3.19. The number of piperidine rings is 1. The molecule has 0 bridgehead atoms. The summed E-state index contributed by atoms with van der Waals surface area (Å²) in [5, 5.41) is 9.21. The van der Waals surface area contributed by atoms with Crippen molar-refractivity contribution in [2.45, 2.75) is 39.0 Å². The van der Waals surface area contributed by atoms with Crippen molar-refractivity contribution in [3.05, 3.63) is 35.9 Å². The number of amides is 1. The van der Waals surface area contributed by atoms with Gasteiger partial charge in [-0.3, -0.25) is 9.59 Å². The van der Waals surface area contributed by atoms with E-state index in [0.29, 0.717) is 19.5 Å². The maximum atomic E-state index is 13.0. The number of carboxylic acids is 1. The van der Waals surface area contributed by atoms with Gasteiger partial charge in [-0.1, -0.05) is 50.6 Å². The van der Waals surface area contributed by atoms with E-state index < -0.39 is 11.9 Å². The van der Waals surface area contributed by atoms with E-state index in [1.54, 1.807) is 4.90 Å². The topological polar surface area (TPSA) is 57.6 Å². The summed E-state index contributed by atoms with van der Waals surface area (Å²) in [5.41, 5.74) is 1.03. The molecule has 0 spiro atoms. The van der Waals surface area contributed by atoms with Crippen LogP contribution in [0.5, 0.6) is 0 Å². The third-order valence-corrected chi connectivity index (χ3v) is 4.72. The van der Waals surface area contributed by atoms with E-state index in [1.165, 1.54) is 0 Å². The predicted molar refractivity (Wildman–Crippen MR) is 85.6 cm³/mol. The van der Waals surface area contributed by atoms with Gasteiger partial charge in [0.25, 0.3) is 0 Å². The number of carbonyl (C=O) groups excluding carboxylic acids is 1. The van der Waals surface area contributed by atoms with Gasteiger partial charge in [0.15, 0.2) is 0 Å². The van der Waals surface area contributed by atoms with Gasteiger partial charge in [-0.15, -0.1) is 0 Å². The van der Waals surface area contributed by atoms with E-state index in [4.69, 9.17) is 0 Å². The van der Waals surface area contributed by atoms with Crippen LogP contribution in [-0.4, -0.2) is 35.0 Å². The van der Waals surface area contributed by atoms with Crippen LogP contribution in [0.2, 0.25) is 0 Å². The molecule has 0 radical (unpaired) electrons. The molecule has 1 aromatic rings. The number of carbonyl (C=O) groups is 2. The molecule has 2 unspecified atom stereocenters. The van der Waals surface area contributed by atoms with Crippen molar-refractivity contribution < 1.29 is 14.7 Å². The van der Waals surface area contributed by atoms with E-state index in [2.05, 4.69) is 13.8 Å². The number of likely N-dealkylation sites (tertiary alicyclic amines) is 1. The molecule has 1 aromatic carbocycles. The average Bonchev–Trinajstić information content (AvgIpc) is 2.55. The van der Waals surface area contributed by atoms with Gasteiger partial charge >= 0.3 is 5.97 Å². The number of aliphatic carboxylic acids is 1. The van der Waals surface area contributed by atoms with Crippen LogP contribution in [0.1, 0.15) is 44.6 Å². The maximum absolute atomic E-state index is 13.0. The fraction of sp³-hybridized carbons (Fsp3) is 0.556. The molecule has 22 heavy (non-hydrogen) atoms. The SMILES string of the molecule is CCC(C)C(C(=O)N1CCC[C@H](C(=O)O)C1)c1ccccc1. The Balaban J connectivity index is 2.20. The molecule has 0 aromatic heterocycles. The summed E-state index contributed by atoms with van der Waals surface area (Å²) in [6.45, 7) is 5.19. The second kappa shape index (κ2) is 7.43. The van der Waals surface area contributed by atoms with Crippen molar-refractivity contribution >= 4 is 11.9 Å². The van der Waals surface area contributed by atoms with Crippen LogP contribution in [0.25, 0.3) is 0 Å². The lowest BCUT2D eigenvalue weighted by Crippen LogP contribution is -2.45. The Morgan fingerprint density at radius 2 is 2.00 bits per heavy atom. The quantitative estimate of drug-likeness (QED) is 0.909. The normalized spacial score (nSPS) is 21.2. The zero-order valence-corrected chi connectivity index (χ0v) is 13.4. The van der Waals surface area contributed by atoms with Gasteiger partial charge in [-0.05, 0) is 24.3 Å². The number of rotatable bonds is 5. The first-order valence-corrected chi connectivity index (χ1v) is 8.11. The maximum Gasteiger partial charge on any atom is 0.308 e. The Hall–Kier alpha value is -1.84. The Morgan fingerprint density at radius 3 is 2.59 bits per heavy atom. The van der Waals surface area contributed by atoms with Crippen LogP contribution in [-0.2, 0) is 9.59 Å². The molecule has 1 fully saturated rings. The van der Waals surface area contributed by atoms with E-state index in [0.717, 1.165) is 18.4 Å². The Kier molecular flexibility index (Phi) is 5.58. The lowest BCUT2D eigenvalue weighted by atomic mass is 9.83. The summed E-state index contributed by atoms with van der Waals surface area (Å²) in [6.07, 6.45) is 2.35. The predicted octanol–water partition coefficient (Wildman–Crippen LogP) is 3.14. The zero-order valence-electron chi connectivity index (χ0n) is 13.4. The molecule has 120 valence electrons. The van der Waals surface area contributed by atoms with Crippen LogP contribution in [0.15, 0.2) is 30.3 Å². The lowest BCUT2D eigenvalue weighted by Gasteiger charge is -2.35. The highest BCUT2D eigenvalue weighted by molar-refractivity contribution is 5.85. The molecule has 4 heteroatoms. The highest BCUT2D eigenvalue weighted by atomic mass is 16.4. The van der Waals surface area contributed by atoms with Crippen molar-refractivity contribution in [2.24, 2.45) is 11.8 Å². The molecule has 4 nitrogen and oxygen atoms in total. The summed E-state index contributed by atoms with van der Waals surface area (Å²) in [5.74, 6) is -1.09. The second-order valence-electron chi connectivity index (χ2n) is 6.24. The summed E-state index contributed by atoms with van der Waals surface area (Å²) in [7, 11) is 0. The minimum atomic E-state index is -0.794. The van der Waals surface area contributed by atoms with Crippen LogP contribution < -0.4 is 0 Å². The van der Waals surface area contributed by atoms with Gasteiger partial charge in [0, 0.05) is 13.1 Å². The minimum absolute atomic E-state index is 0.0755. The van der Waals surface area contributed by atoms with E-state index in [9.17, 15) is 14.7 Å². The van der Waals surface area contributed by atoms with Crippen molar-refractivity contribution in [2.75, 3.05) is 13.1 Å². The third-order valence-electron chi connectivity index (χ3n) is 4.72. The van der Waals surface area contributed by atoms with Crippen molar-refractivity contribution in [3.63, 3.8) is 0 Å². The third kappa shape index (κ3) is 3.67. The van der Waals surface area contributed by atoms with Crippen LogP contribution >= 0.6 is 0 Å². The van der Waals surface area contributed by atoms with Crippen molar-refractivity contribution in [1.29, 1.82) is 0 Å². The molecule has 0 aliphatic carbocycles. The van der Waals surface area contributed by atoms with Gasteiger partial charge in [0.05, 0.1) is 11.8 Å². The Labute approximate surface area is 132 Å². The molecule has 1 N–H and O–H groups in total. The number of hydrogen-bond acceptors (Lipinski definition) is 2. The van der Waals surface area contributed by atoms with E-state index in [1.807, 2.05) is 30.3 Å². The number of carboxylic acid groups (broad SMARTS) is 1. The average molecular weight is 303 g/mol. The largest absolute Gasteiger partial charge is 0.481 e. The second-order valence-corrected chi connectivity index (χ2v) is 6.24. The fourth-order valence-electron chi connectivity index (χ4n) is 3.19. The smallest absolute Gasteiger partial charge is 0.308 e. The Bertz CT molecular complexity index is 514. The number of nitrogens with zero attached hydrogens (tertiary/aromatic N) is 1. The molecule has 1 saturated heterocycles. The number of hydrogen-bond donors (Lipinski definition) is 1. The number of benzene rings is 1. The standard InChI is InChI=1S/C18H25NO3/c1-3-13(2)16(14-8-5-4-6-9-14)17(20)19-11-7-10-15(12-19)18(21)22/h4-6,8-9,13,15-16H,3,7,10-12H2,1-2H3,(H,21,22)/t13?,15-,16?/m0/s1. The lowest BCUT2D eigenvalue weighted by molar-refractivity contribution is -0.146. The summed E-state index contributed by atoms with van der Waals surface area (Å²) < 4.78 is 0. The molecular weight excluding hydrogens is 278 g/mol. The molecular formula is C18H25NO3. The Morgan fingerprint density at radius 1 is 1.32 bits per heavy atom. The van der Waals surface area contributed by atoms with E-state index >= 15 is 0 Å². The summed E-state index contributed by atoms with van der Waals surface area (Å²) in [4.78, 5) is 26.0. The molecule has 1 aliphatic heterocycles. The van der Waals surface area contributed by atoms with Crippen molar-refractivity contribution in [1.82, 2.24) is 4.90 Å². The first kappa shape index (κ1) is 16.5. The van der Waals surface area contributed by atoms with Crippen LogP contribution in [0.3, 0.4) is 0 Å². The van der Waals surface area contributed by atoms with E-state index in [-0.39, 0.29) is 17.7 Å². The van der Waals surface area contributed by atoms with Crippen LogP contribution in [0, 0.1) is 11.8 Å². The molecule has 0 saturated carbocycles. The molecule has 1 heterocycles. The molecule has 3 atom stereocenters. The highest BCUT2D eigenvalue weighted by Crippen LogP contribution is 2.30. The summed E-state index contributed by atoms with van der Waals surface area (Å²) >= 11 is 0. The monoisotopic (exact) mass is 303 g/mol. The minimum Gasteiger partial charge on any atom is -0.481 e. The zero-order chi connectivity index (χ0) is 16.1. The molecule has 1 amide bonds. The van der Waals surface area contributed by atoms with Gasteiger partial charge in [0.2, 0.25) is 5.91 Å². The summed E-state index contributed by atoms with van der Waals surface area (Å²) in [6, 6.07) is 9.84. The first-order chi connectivity index (χ1) is 10.5. The van der Waals surface area contributed by atoms with Gasteiger partial charge in [-0.25, -0.2) is 0 Å². The molecule has 2 rings (SSSR count). The van der Waals surface area contributed by atoms with Crippen LogP contribution in [0.4, 0.5) is 0 Å². The highest BCUT2D eigenvalue weighted by Gasteiger charge is 2.34. The molecule has 1 aliphatic rings. The van der Waals surface area contributed by atoms with Crippen molar-refractivity contribution in [3.8, 4) is 0 Å². The van der Waals surface area contributed by atoms with Gasteiger partial charge in [-0.2, -0.15) is 0 Å². The van der Waals surface area contributed by atoms with Gasteiger partial charge in [0.1, 0.15) is 0 Å². The first-order valence-electron chi connectivity index (χ1n) is 8.11.